The van der Waals surface area contributed by atoms with Crippen LogP contribution in [0.2, 0.25) is 0 Å². The maximum atomic E-state index is 10.8. The molecule has 0 saturated heterocycles. The van der Waals surface area contributed by atoms with Crippen molar-refractivity contribution in [2.45, 2.75) is 0 Å². The van der Waals surface area contributed by atoms with Crippen LogP contribution in [0.4, 0.5) is 5.69 Å². The van der Waals surface area contributed by atoms with E-state index in [0.717, 1.165) is 0 Å². The molecule has 1 rings (SSSR count). The Morgan fingerprint density at radius 2 is 2.25 bits per heavy atom. The van der Waals surface area contributed by atoms with Gasteiger partial charge in [0, 0.05) is 12.6 Å². The van der Waals surface area contributed by atoms with E-state index < -0.39 is 16.6 Å². The number of benzene rings is 1. The summed E-state index contributed by atoms with van der Waals surface area (Å²) in [7, 11) is 0. The van der Waals surface area contributed by atoms with Crippen LogP contribution in [0.3, 0.4) is 0 Å². The van der Waals surface area contributed by atoms with Gasteiger partial charge in [-0.05, 0) is 17.7 Å². The highest BCUT2D eigenvalue weighted by Gasteiger charge is 2.19. The summed E-state index contributed by atoms with van der Waals surface area (Å²) in [6.45, 7) is 0.319. The maximum Gasteiger partial charge on any atom is 0.342 e. The van der Waals surface area contributed by atoms with Crippen LogP contribution < -0.4 is 5.73 Å². The Bertz CT molecular complexity index is 454. The smallest absolute Gasteiger partial charge is 0.342 e. The minimum Gasteiger partial charge on any atom is -0.477 e. The Labute approximate surface area is 91.2 Å². The summed E-state index contributed by atoms with van der Waals surface area (Å²) in [6, 6.07) is 3.88. The van der Waals surface area contributed by atoms with Crippen molar-refractivity contribution in [3.05, 3.63) is 45.5 Å². The molecule has 0 radical (unpaired) electrons. The van der Waals surface area contributed by atoms with Gasteiger partial charge >= 0.3 is 5.97 Å². The summed E-state index contributed by atoms with van der Waals surface area (Å²) in [5.41, 5.74) is 5.06. The molecule has 0 aromatic heterocycles. The topological polar surface area (TPSA) is 106 Å². The second kappa shape index (κ2) is 5.04. The number of aromatic carboxylic acids is 1. The van der Waals surface area contributed by atoms with Crippen molar-refractivity contribution in [3.63, 3.8) is 0 Å². The van der Waals surface area contributed by atoms with Gasteiger partial charge in [-0.1, -0.05) is 12.2 Å². The highest BCUT2D eigenvalue weighted by atomic mass is 16.6. The first-order valence-electron chi connectivity index (χ1n) is 4.44. The van der Waals surface area contributed by atoms with Crippen molar-refractivity contribution in [2.75, 3.05) is 6.54 Å². The zero-order valence-electron chi connectivity index (χ0n) is 8.29. The van der Waals surface area contributed by atoms with Gasteiger partial charge in [0.1, 0.15) is 5.56 Å². The molecule has 0 aliphatic carbocycles. The lowest BCUT2D eigenvalue weighted by atomic mass is 10.1. The number of nitro benzene ring substituents is 1. The molecular formula is C10H10N2O4. The fourth-order valence-corrected chi connectivity index (χ4v) is 1.19. The van der Waals surface area contributed by atoms with E-state index in [4.69, 9.17) is 10.8 Å². The Hall–Kier alpha value is -2.21. The van der Waals surface area contributed by atoms with Gasteiger partial charge in [0.25, 0.3) is 5.69 Å². The van der Waals surface area contributed by atoms with Crippen LogP contribution in [0.15, 0.2) is 24.3 Å². The average molecular weight is 222 g/mol. The first-order chi connectivity index (χ1) is 7.56. The third-order valence-electron chi connectivity index (χ3n) is 1.89. The Kier molecular flexibility index (Phi) is 3.73. The molecule has 0 fully saturated rings. The van der Waals surface area contributed by atoms with Gasteiger partial charge in [0.2, 0.25) is 0 Å². The quantitative estimate of drug-likeness (QED) is 0.589. The largest absolute Gasteiger partial charge is 0.477 e. The molecule has 0 bridgehead atoms. The predicted molar refractivity (Wildman–Crippen MR) is 58.1 cm³/mol. The Morgan fingerprint density at radius 1 is 1.56 bits per heavy atom. The van der Waals surface area contributed by atoms with Gasteiger partial charge in [-0.3, -0.25) is 10.1 Å². The predicted octanol–water partition coefficient (Wildman–Crippen LogP) is 1.26. The molecule has 0 heterocycles. The van der Waals surface area contributed by atoms with Gasteiger partial charge < -0.3 is 10.8 Å². The van der Waals surface area contributed by atoms with Crippen molar-refractivity contribution >= 4 is 17.7 Å². The molecule has 0 amide bonds. The summed E-state index contributed by atoms with van der Waals surface area (Å²) < 4.78 is 0. The molecule has 0 aliphatic rings. The third-order valence-corrected chi connectivity index (χ3v) is 1.89. The molecule has 0 saturated carbocycles. The van der Waals surface area contributed by atoms with Crippen molar-refractivity contribution in [2.24, 2.45) is 5.73 Å². The number of carboxylic acids is 1. The number of nitrogens with zero attached hydrogens (tertiary/aromatic N) is 1. The van der Waals surface area contributed by atoms with Crippen LogP contribution in [0.5, 0.6) is 0 Å². The first kappa shape index (κ1) is 11.9. The van der Waals surface area contributed by atoms with E-state index in [1.54, 1.807) is 12.2 Å². The molecule has 0 spiro atoms. The highest BCUT2D eigenvalue weighted by Crippen LogP contribution is 2.20. The second-order valence-corrected chi connectivity index (χ2v) is 2.98. The van der Waals surface area contributed by atoms with E-state index in [2.05, 4.69) is 0 Å². The molecule has 3 N–H and O–H groups in total. The average Bonchev–Trinajstić information content (AvgIpc) is 2.25. The second-order valence-electron chi connectivity index (χ2n) is 2.98. The SMILES string of the molecule is NCC=Cc1ccc([N+](=O)[O-])c(C(=O)O)c1. The first-order valence-corrected chi connectivity index (χ1v) is 4.44. The number of nitro groups is 1. The van der Waals surface area contributed by atoms with Gasteiger partial charge in [0.05, 0.1) is 4.92 Å². The lowest BCUT2D eigenvalue weighted by Crippen LogP contribution is -2.02. The van der Waals surface area contributed by atoms with Crippen LogP contribution in [-0.4, -0.2) is 22.5 Å². The van der Waals surface area contributed by atoms with E-state index in [0.29, 0.717) is 12.1 Å². The fourth-order valence-electron chi connectivity index (χ4n) is 1.19. The number of carboxylic acid groups (broad SMARTS) is 1. The summed E-state index contributed by atoms with van der Waals surface area (Å²) >= 11 is 0. The van der Waals surface area contributed by atoms with Crippen LogP contribution in [0, 0.1) is 10.1 Å². The van der Waals surface area contributed by atoms with E-state index in [-0.39, 0.29) is 5.56 Å². The van der Waals surface area contributed by atoms with Crippen molar-refractivity contribution < 1.29 is 14.8 Å². The number of nitrogens with two attached hydrogens (primary N) is 1. The summed E-state index contributed by atoms with van der Waals surface area (Å²) in [5, 5.41) is 19.4. The van der Waals surface area contributed by atoms with E-state index in [9.17, 15) is 14.9 Å². The summed E-state index contributed by atoms with van der Waals surface area (Å²) in [4.78, 5) is 20.6. The van der Waals surface area contributed by atoms with Gasteiger partial charge in [0.15, 0.2) is 0 Å². The number of rotatable bonds is 4. The highest BCUT2D eigenvalue weighted by molar-refractivity contribution is 5.93. The molecular weight excluding hydrogens is 212 g/mol. The lowest BCUT2D eigenvalue weighted by Gasteiger charge is -1.99. The number of carbonyl (C=O) groups is 1. The van der Waals surface area contributed by atoms with Gasteiger partial charge in [-0.2, -0.15) is 0 Å². The van der Waals surface area contributed by atoms with Crippen LogP contribution in [-0.2, 0) is 0 Å². The maximum absolute atomic E-state index is 10.8. The van der Waals surface area contributed by atoms with E-state index >= 15 is 0 Å². The molecule has 0 unspecified atom stereocenters. The molecule has 1 aromatic carbocycles. The van der Waals surface area contributed by atoms with Crippen molar-refractivity contribution in [3.8, 4) is 0 Å². The molecule has 0 atom stereocenters. The van der Waals surface area contributed by atoms with Crippen LogP contribution >= 0.6 is 0 Å². The number of hydrogen-bond acceptors (Lipinski definition) is 4. The van der Waals surface area contributed by atoms with Crippen molar-refractivity contribution in [1.29, 1.82) is 0 Å². The zero-order valence-corrected chi connectivity index (χ0v) is 8.29. The lowest BCUT2D eigenvalue weighted by molar-refractivity contribution is -0.385. The third kappa shape index (κ3) is 2.64. The molecule has 1 aromatic rings. The number of hydrogen-bond donors (Lipinski definition) is 2. The van der Waals surface area contributed by atoms with Crippen LogP contribution in [0.25, 0.3) is 6.08 Å². The molecule has 84 valence electrons. The molecule has 6 heteroatoms. The Morgan fingerprint density at radius 3 is 2.75 bits per heavy atom. The normalized spacial score (nSPS) is 10.6. The summed E-state index contributed by atoms with van der Waals surface area (Å²) in [5.74, 6) is -1.32. The van der Waals surface area contributed by atoms with Gasteiger partial charge in [-0.25, -0.2) is 4.79 Å². The minimum atomic E-state index is -1.32. The summed E-state index contributed by atoms with van der Waals surface area (Å²) in [6.07, 6.45) is 3.24. The minimum absolute atomic E-state index is 0.319. The standard InChI is InChI=1S/C10H10N2O4/c11-5-1-2-7-3-4-9(12(15)16)8(6-7)10(13)14/h1-4,6H,5,11H2,(H,13,14). The fraction of sp³-hybridized carbons (Fsp3) is 0.100. The molecule has 16 heavy (non-hydrogen) atoms. The monoisotopic (exact) mass is 222 g/mol. The Balaban J connectivity index is 3.22. The van der Waals surface area contributed by atoms with Crippen LogP contribution in [0.1, 0.15) is 15.9 Å². The van der Waals surface area contributed by atoms with E-state index in [1.807, 2.05) is 0 Å². The zero-order chi connectivity index (χ0) is 12.1. The van der Waals surface area contributed by atoms with Crippen molar-refractivity contribution in [1.82, 2.24) is 0 Å². The molecule has 6 nitrogen and oxygen atoms in total. The van der Waals surface area contributed by atoms with Gasteiger partial charge in [-0.15, -0.1) is 0 Å². The van der Waals surface area contributed by atoms with E-state index in [1.165, 1.54) is 18.2 Å². The molecule has 0 aliphatic heterocycles.